The van der Waals surface area contributed by atoms with Gasteiger partial charge in [0.05, 0.1) is 23.5 Å². The lowest BCUT2D eigenvalue weighted by Crippen LogP contribution is -2.50. The van der Waals surface area contributed by atoms with E-state index in [4.69, 9.17) is 0 Å². The van der Waals surface area contributed by atoms with Gasteiger partial charge in [0.1, 0.15) is 5.67 Å². The van der Waals surface area contributed by atoms with Gasteiger partial charge in [0.2, 0.25) is 0 Å². The zero-order valence-corrected chi connectivity index (χ0v) is 12.7. The van der Waals surface area contributed by atoms with E-state index in [1.54, 1.807) is 11.8 Å². The van der Waals surface area contributed by atoms with Crippen LogP contribution in [0.3, 0.4) is 0 Å². The number of alkyl halides is 1. The summed E-state index contributed by atoms with van der Waals surface area (Å²) in [4.78, 5) is 8.41. The van der Waals surface area contributed by atoms with Crippen molar-refractivity contribution in [2.75, 3.05) is 44.9 Å². The van der Waals surface area contributed by atoms with Crippen LogP contribution in [0.25, 0.3) is 0 Å². The minimum absolute atomic E-state index is 0.464. The van der Waals surface area contributed by atoms with Crippen molar-refractivity contribution in [3.05, 3.63) is 18.3 Å². The predicted octanol–water partition coefficient (Wildman–Crippen LogP) is 2.67. The van der Waals surface area contributed by atoms with Gasteiger partial charge in [-0.15, -0.1) is 11.8 Å². The van der Waals surface area contributed by atoms with Crippen LogP contribution in [0.5, 0.6) is 0 Å². The number of thioether (sulfide) groups is 1. The molecule has 0 amide bonds. The number of pyridine rings is 1. The first-order valence-corrected chi connectivity index (χ1v) is 7.83. The monoisotopic (exact) mass is 283 g/mol. The lowest BCUT2D eigenvalue weighted by molar-refractivity contribution is 0.0977. The molecule has 1 atom stereocenters. The number of nitrogens with zero attached hydrogens (tertiary/aromatic N) is 3. The highest BCUT2D eigenvalue weighted by molar-refractivity contribution is 7.98. The van der Waals surface area contributed by atoms with E-state index in [-0.39, 0.29) is 0 Å². The standard InChI is InChI=1S/C14H22FN3S/c1-17(2)10-14(15)7-4-8-18(11-14)12-5-6-13(19-3)16-9-12/h5-6,9H,4,7-8,10-11H2,1-3H3. The van der Waals surface area contributed by atoms with Gasteiger partial charge in [-0.05, 0) is 45.3 Å². The Morgan fingerprint density at radius 2 is 2.26 bits per heavy atom. The van der Waals surface area contributed by atoms with Crippen molar-refractivity contribution in [2.45, 2.75) is 23.5 Å². The maximum atomic E-state index is 14.8. The van der Waals surface area contributed by atoms with Crippen LogP contribution in [-0.4, -0.2) is 55.5 Å². The van der Waals surface area contributed by atoms with Crippen LogP contribution in [0.2, 0.25) is 0 Å². The molecule has 0 saturated carbocycles. The van der Waals surface area contributed by atoms with Gasteiger partial charge in [-0.25, -0.2) is 9.37 Å². The van der Waals surface area contributed by atoms with E-state index in [2.05, 4.69) is 9.88 Å². The third kappa shape index (κ3) is 3.83. The van der Waals surface area contributed by atoms with Crippen LogP contribution in [0, 0.1) is 0 Å². The van der Waals surface area contributed by atoms with E-state index in [0.717, 1.165) is 23.7 Å². The summed E-state index contributed by atoms with van der Waals surface area (Å²) in [5.74, 6) is 0. The summed E-state index contributed by atoms with van der Waals surface area (Å²) >= 11 is 1.62. The second-order valence-corrected chi connectivity index (χ2v) is 6.30. The Morgan fingerprint density at radius 3 is 2.84 bits per heavy atom. The molecule has 2 rings (SSSR count). The molecule has 1 aliphatic heterocycles. The molecule has 1 unspecified atom stereocenters. The molecule has 1 aromatic rings. The fraction of sp³-hybridized carbons (Fsp3) is 0.643. The van der Waals surface area contributed by atoms with Crippen molar-refractivity contribution in [1.82, 2.24) is 9.88 Å². The van der Waals surface area contributed by atoms with Gasteiger partial charge in [0, 0.05) is 13.1 Å². The zero-order chi connectivity index (χ0) is 13.9. The summed E-state index contributed by atoms with van der Waals surface area (Å²) in [5.41, 5.74) is -0.0850. The Morgan fingerprint density at radius 1 is 1.47 bits per heavy atom. The Labute approximate surface area is 119 Å². The smallest absolute Gasteiger partial charge is 0.141 e. The Hall–Kier alpha value is -0.810. The fourth-order valence-corrected chi connectivity index (χ4v) is 3.05. The van der Waals surface area contributed by atoms with E-state index in [0.29, 0.717) is 19.5 Å². The van der Waals surface area contributed by atoms with Crippen LogP contribution >= 0.6 is 11.8 Å². The van der Waals surface area contributed by atoms with Crippen molar-refractivity contribution >= 4 is 17.4 Å². The number of hydrogen-bond donors (Lipinski definition) is 0. The van der Waals surface area contributed by atoms with Gasteiger partial charge in [0.25, 0.3) is 0 Å². The van der Waals surface area contributed by atoms with Crippen LogP contribution < -0.4 is 4.90 Å². The van der Waals surface area contributed by atoms with E-state index in [1.165, 1.54) is 0 Å². The number of halogens is 1. The first kappa shape index (κ1) is 14.6. The summed E-state index contributed by atoms with van der Waals surface area (Å²) in [6, 6.07) is 4.04. The second-order valence-electron chi connectivity index (χ2n) is 5.47. The van der Waals surface area contributed by atoms with Gasteiger partial charge >= 0.3 is 0 Å². The van der Waals surface area contributed by atoms with E-state index >= 15 is 0 Å². The molecule has 1 saturated heterocycles. The second kappa shape index (κ2) is 6.09. The van der Waals surface area contributed by atoms with Crippen molar-refractivity contribution < 1.29 is 4.39 Å². The molecule has 1 aliphatic rings. The molecular formula is C14H22FN3S. The molecular weight excluding hydrogens is 261 g/mol. The van der Waals surface area contributed by atoms with Gasteiger partial charge in [0.15, 0.2) is 0 Å². The number of piperidine rings is 1. The maximum absolute atomic E-state index is 14.8. The predicted molar refractivity (Wildman–Crippen MR) is 79.9 cm³/mol. The average Bonchev–Trinajstić information content (AvgIpc) is 2.37. The van der Waals surface area contributed by atoms with Crippen molar-refractivity contribution in [1.29, 1.82) is 0 Å². The first-order valence-electron chi connectivity index (χ1n) is 6.61. The molecule has 0 aromatic carbocycles. The summed E-state index contributed by atoms with van der Waals surface area (Å²) in [5, 5.41) is 1.00. The van der Waals surface area contributed by atoms with E-state index < -0.39 is 5.67 Å². The fourth-order valence-electron chi connectivity index (χ4n) is 2.68. The van der Waals surface area contributed by atoms with Gasteiger partial charge in [-0.2, -0.15) is 0 Å². The third-order valence-corrected chi connectivity index (χ3v) is 4.08. The molecule has 1 fully saturated rings. The SMILES string of the molecule is CSc1ccc(N2CCCC(F)(CN(C)C)C2)cn1. The van der Waals surface area contributed by atoms with Crippen molar-refractivity contribution in [3.63, 3.8) is 0 Å². The number of rotatable bonds is 4. The average molecular weight is 283 g/mol. The zero-order valence-electron chi connectivity index (χ0n) is 11.9. The third-order valence-electron chi connectivity index (χ3n) is 3.42. The lowest BCUT2D eigenvalue weighted by atomic mass is 9.94. The van der Waals surface area contributed by atoms with Gasteiger partial charge in [-0.3, -0.25) is 0 Å². The molecule has 0 spiro atoms. The van der Waals surface area contributed by atoms with Crippen LogP contribution in [-0.2, 0) is 0 Å². The van der Waals surface area contributed by atoms with Gasteiger partial charge < -0.3 is 9.80 Å². The number of aromatic nitrogens is 1. The molecule has 0 N–H and O–H groups in total. The molecule has 3 nitrogen and oxygen atoms in total. The van der Waals surface area contributed by atoms with Crippen molar-refractivity contribution in [2.24, 2.45) is 0 Å². The normalized spacial score (nSPS) is 23.9. The molecule has 19 heavy (non-hydrogen) atoms. The minimum Gasteiger partial charge on any atom is -0.367 e. The molecule has 0 aliphatic carbocycles. The molecule has 0 bridgehead atoms. The molecule has 5 heteroatoms. The summed E-state index contributed by atoms with van der Waals surface area (Å²) in [6.07, 6.45) is 5.41. The Bertz CT molecular complexity index is 410. The largest absolute Gasteiger partial charge is 0.367 e. The lowest BCUT2D eigenvalue weighted by Gasteiger charge is -2.39. The maximum Gasteiger partial charge on any atom is 0.141 e. The quantitative estimate of drug-likeness (QED) is 0.791. The van der Waals surface area contributed by atoms with Crippen LogP contribution in [0.4, 0.5) is 10.1 Å². The summed E-state index contributed by atoms with van der Waals surface area (Å²) in [7, 11) is 3.85. The minimum atomic E-state index is -1.11. The Kier molecular flexibility index (Phi) is 4.68. The molecule has 1 aromatic heterocycles. The molecule has 106 valence electrons. The highest BCUT2D eigenvalue weighted by Gasteiger charge is 2.36. The summed E-state index contributed by atoms with van der Waals surface area (Å²) < 4.78 is 14.8. The van der Waals surface area contributed by atoms with Crippen LogP contribution in [0.15, 0.2) is 23.4 Å². The number of hydrogen-bond acceptors (Lipinski definition) is 4. The van der Waals surface area contributed by atoms with Crippen LogP contribution in [0.1, 0.15) is 12.8 Å². The van der Waals surface area contributed by atoms with Crippen molar-refractivity contribution in [3.8, 4) is 0 Å². The Balaban J connectivity index is 2.07. The molecule has 0 radical (unpaired) electrons. The molecule has 2 heterocycles. The highest BCUT2D eigenvalue weighted by atomic mass is 32.2. The highest BCUT2D eigenvalue weighted by Crippen LogP contribution is 2.29. The summed E-state index contributed by atoms with van der Waals surface area (Å²) in [6.45, 7) is 1.87. The van der Waals surface area contributed by atoms with E-state index in [9.17, 15) is 4.39 Å². The first-order chi connectivity index (χ1) is 9.02. The topological polar surface area (TPSA) is 19.4 Å². The van der Waals surface area contributed by atoms with Gasteiger partial charge in [-0.1, -0.05) is 0 Å². The number of anilines is 1. The van der Waals surface area contributed by atoms with E-state index in [1.807, 2.05) is 43.6 Å².